The summed E-state index contributed by atoms with van der Waals surface area (Å²) in [5.74, 6) is -0.510. The molecule has 0 aliphatic heterocycles. The molecule has 182 valence electrons. The van der Waals surface area contributed by atoms with E-state index in [1.807, 2.05) is 11.4 Å². The van der Waals surface area contributed by atoms with E-state index in [0.29, 0.717) is 21.8 Å². The van der Waals surface area contributed by atoms with Crippen LogP contribution in [0.1, 0.15) is 31.5 Å². The van der Waals surface area contributed by atoms with Crippen molar-refractivity contribution in [2.75, 3.05) is 12.4 Å². The maximum Gasteiger partial charge on any atom is 0.274 e. The lowest BCUT2D eigenvalue weighted by molar-refractivity contribution is 0.0944. The Kier molecular flexibility index (Phi) is 6.36. The number of thiazole rings is 1. The number of hydrogen-bond donors (Lipinski definition) is 2. The highest BCUT2D eigenvalue weighted by Crippen LogP contribution is 2.26. The average Bonchev–Trinajstić information content (AvgIpc) is 3.64. The topological polar surface area (TPSA) is 128 Å². The number of aromatic nitrogens is 6. The summed E-state index contributed by atoms with van der Waals surface area (Å²) in [5.41, 5.74) is 1.96. The number of nitrogens with one attached hydrogen (secondary N) is 2. The molecule has 5 rings (SSSR count). The van der Waals surface area contributed by atoms with Gasteiger partial charge in [-0.15, -0.1) is 16.4 Å². The summed E-state index contributed by atoms with van der Waals surface area (Å²) in [5, 5.41) is 17.2. The summed E-state index contributed by atoms with van der Waals surface area (Å²) in [6.07, 6.45) is 4.79. The van der Waals surface area contributed by atoms with E-state index in [2.05, 4.69) is 30.8 Å². The quantitative estimate of drug-likeness (QED) is 0.334. The lowest BCUT2D eigenvalue weighted by Crippen LogP contribution is -2.28. The van der Waals surface area contributed by atoms with Gasteiger partial charge in [0, 0.05) is 23.8 Å². The Morgan fingerprint density at radius 2 is 2.00 bits per heavy atom. The van der Waals surface area contributed by atoms with Gasteiger partial charge in [0.25, 0.3) is 11.8 Å². The van der Waals surface area contributed by atoms with Crippen molar-refractivity contribution >= 4 is 46.0 Å². The van der Waals surface area contributed by atoms with Gasteiger partial charge >= 0.3 is 0 Å². The molecular formula is C23H19ClN8O3S. The Hall–Kier alpha value is -4.29. The van der Waals surface area contributed by atoms with E-state index in [1.165, 1.54) is 39.9 Å². The molecule has 13 heteroatoms. The first kappa shape index (κ1) is 23.5. The van der Waals surface area contributed by atoms with Crippen LogP contribution in [-0.4, -0.2) is 48.3 Å². The van der Waals surface area contributed by atoms with Gasteiger partial charge in [-0.25, -0.2) is 19.2 Å². The molecule has 0 unspecified atom stereocenters. The maximum absolute atomic E-state index is 13.5. The Balaban J connectivity index is 1.54. The van der Waals surface area contributed by atoms with Crippen molar-refractivity contribution in [2.45, 2.75) is 13.5 Å². The SMILES string of the molecule is COc1cc(C(=O)Nc2c(C)cc3ccnn3c2C(=O)NCc2nccs2)n(-c2ncccc2Cl)n1. The second kappa shape index (κ2) is 9.76. The van der Waals surface area contributed by atoms with Crippen LogP contribution in [0.3, 0.4) is 0 Å². The summed E-state index contributed by atoms with van der Waals surface area (Å²) in [7, 11) is 1.44. The zero-order valence-corrected chi connectivity index (χ0v) is 20.7. The number of amides is 2. The molecule has 0 atom stereocenters. The van der Waals surface area contributed by atoms with Gasteiger partial charge in [-0.2, -0.15) is 5.10 Å². The number of fused-ring (bicyclic) bond motifs is 1. The number of rotatable bonds is 7. The van der Waals surface area contributed by atoms with Crippen molar-refractivity contribution in [1.82, 2.24) is 34.7 Å². The van der Waals surface area contributed by atoms with Gasteiger partial charge in [0.2, 0.25) is 5.88 Å². The molecule has 0 saturated carbocycles. The summed E-state index contributed by atoms with van der Waals surface area (Å²) in [4.78, 5) is 35.3. The van der Waals surface area contributed by atoms with Crippen LogP contribution in [0.15, 0.2) is 54.3 Å². The molecule has 0 aliphatic carbocycles. The third kappa shape index (κ3) is 4.39. The Labute approximate surface area is 213 Å². The number of halogens is 1. The summed E-state index contributed by atoms with van der Waals surface area (Å²) in [6.45, 7) is 2.04. The van der Waals surface area contributed by atoms with Crippen molar-refractivity contribution in [2.24, 2.45) is 0 Å². The fraction of sp³-hybridized carbons (Fsp3) is 0.130. The zero-order valence-electron chi connectivity index (χ0n) is 19.1. The van der Waals surface area contributed by atoms with Gasteiger partial charge in [-0.3, -0.25) is 9.59 Å². The van der Waals surface area contributed by atoms with Crippen LogP contribution >= 0.6 is 22.9 Å². The molecule has 0 spiro atoms. The molecule has 0 aliphatic rings. The van der Waals surface area contributed by atoms with E-state index in [-0.39, 0.29) is 29.6 Å². The molecule has 0 radical (unpaired) electrons. The number of ether oxygens (including phenoxy) is 1. The van der Waals surface area contributed by atoms with Crippen LogP contribution in [0, 0.1) is 6.92 Å². The minimum atomic E-state index is -0.545. The predicted molar refractivity (Wildman–Crippen MR) is 134 cm³/mol. The van der Waals surface area contributed by atoms with Crippen molar-refractivity contribution in [3.05, 3.63) is 81.3 Å². The third-order valence-electron chi connectivity index (χ3n) is 5.28. The number of hydrogen-bond acceptors (Lipinski definition) is 8. The largest absolute Gasteiger partial charge is 0.480 e. The monoisotopic (exact) mass is 522 g/mol. The van der Waals surface area contributed by atoms with Crippen LogP contribution in [-0.2, 0) is 6.54 Å². The molecule has 5 aromatic rings. The number of methoxy groups -OCH3 is 1. The number of carbonyl (C=O) groups is 2. The average molecular weight is 523 g/mol. The van der Waals surface area contributed by atoms with E-state index >= 15 is 0 Å². The number of aryl methyl sites for hydroxylation is 1. The molecular weight excluding hydrogens is 504 g/mol. The number of anilines is 1. The Bertz CT molecular complexity index is 1580. The fourth-order valence-electron chi connectivity index (χ4n) is 3.64. The lowest BCUT2D eigenvalue weighted by Gasteiger charge is -2.16. The standard InChI is InChI=1S/C23H19ClN8O3S/c1-13-10-14-5-7-28-31(14)20(23(34)27-12-18-25-8-9-36-18)19(13)29-22(33)16-11-17(35-2)30-32(16)21-15(24)4-3-6-26-21/h3-11H,12H2,1-2H3,(H,27,34)(H,29,33). The van der Waals surface area contributed by atoms with Gasteiger partial charge < -0.3 is 15.4 Å². The van der Waals surface area contributed by atoms with Crippen LogP contribution in [0.4, 0.5) is 5.69 Å². The molecule has 0 bridgehead atoms. The van der Waals surface area contributed by atoms with Gasteiger partial charge in [0.05, 0.1) is 36.1 Å². The van der Waals surface area contributed by atoms with E-state index in [4.69, 9.17) is 16.3 Å². The molecule has 2 N–H and O–H groups in total. The van der Waals surface area contributed by atoms with Gasteiger partial charge in [-0.1, -0.05) is 11.6 Å². The first-order valence-electron chi connectivity index (χ1n) is 10.7. The zero-order chi connectivity index (χ0) is 25.2. The Morgan fingerprint density at radius 3 is 2.75 bits per heavy atom. The summed E-state index contributed by atoms with van der Waals surface area (Å²) in [6, 6.07) is 8.38. The number of carbonyl (C=O) groups excluding carboxylic acids is 2. The van der Waals surface area contributed by atoms with Crippen LogP contribution < -0.4 is 15.4 Å². The minimum Gasteiger partial charge on any atom is -0.480 e. The normalized spacial score (nSPS) is 11.0. The molecule has 0 aromatic carbocycles. The smallest absolute Gasteiger partial charge is 0.274 e. The molecule has 0 fully saturated rings. The second-order valence-corrected chi connectivity index (χ2v) is 8.96. The van der Waals surface area contributed by atoms with Gasteiger partial charge in [0.15, 0.2) is 11.5 Å². The van der Waals surface area contributed by atoms with Crippen molar-refractivity contribution in [3.8, 4) is 11.7 Å². The highest BCUT2D eigenvalue weighted by Gasteiger charge is 2.25. The molecule has 11 nitrogen and oxygen atoms in total. The second-order valence-electron chi connectivity index (χ2n) is 7.57. The maximum atomic E-state index is 13.5. The summed E-state index contributed by atoms with van der Waals surface area (Å²) >= 11 is 7.73. The van der Waals surface area contributed by atoms with E-state index in [0.717, 1.165) is 5.01 Å². The van der Waals surface area contributed by atoms with Crippen molar-refractivity contribution < 1.29 is 14.3 Å². The van der Waals surface area contributed by atoms with Gasteiger partial charge in [0.1, 0.15) is 10.7 Å². The minimum absolute atomic E-state index is 0.113. The Morgan fingerprint density at radius 1 is 1.14 bits per heavy atom. The third-order valence-corrected chi connectivity index (χ3v) is 6.36. The van der Waals surface area contributed by atoms with Crippen molar-refractivity contribution in [3.63, 3.8) is 0 Å². The molecule has 5 heterocycles. The molecule has 5 aromatic heterocycles. The summed E-state index contributed by atoms with van der Waals surface area (Å²) < 4.78 is 8.00. The first-order chi connectivity index (χ1) is 17.5. The van der Waals surface area contributed by atoms with E-state index in [9.17, 15) is 9.59 Å². The number of pyridine rings is 2. The number of nitrogens with zero attached hydrogens (tertiary/aromatic N) is 6. The molecule has 0 saturated heterocycles. The lowest BCUT2D eigenvalue weighted by atomic mass is 10.1. The first-order valence-corrected chi connectivity index (χ1v) is 11.9. The highest BCUT2D eigenvalue weighted by atomic mass is 35.5. The van der Waals surface area contributed by atoms with Crippen LogP contribution in [0.2, 0.25) is 5.02 Å². The van der Waals surface area contributed by atoms with Gasteiger partial charge in [-0.05, 0) is 36.8 Å². The van der Waals surface area contributed by atoms with Crippen LogP contribution in [0.5, 0.6) is 5.88 Å². The van der Waals surface area contributed by atoms with E-state index in [1.54, 1.807) is 37.5 Å². The molecule has 36 heavy (non-hydrogen) atoms. The molecule has 2 amide bonds. The van der Waals surface area contributed by atoms with Crippen LogP contribution in [0.25, 0.3) is 11.3 Å². The predicted octanol–water partition coefficient (Wildman–Crippen LogP) is 3.52. The fourth-order valence-corrected chi connectivity index (χ4v) is 4.39. The van der Waals surface area contributed by atoms with E-state index < -0.39 is 11.8 Å². The van der Waals surface area contributed by atoms with Crippen molar-refractivity contribution in [1.29, 1.82) is 0 Å². The highest BCUT2D eigenvalue weighted by molar-refractivity contribution is 7.09.